The predicted octanol–water partition coefficient (Wildman–Crippen LogP) is 2.85. The van der Waals surface area contributed by atoms with Crippen LogP contribution in [0.25, 0.3) is 0 Å². The Kier molecular flexibility index (Phi) is 5.57. The molecule has 0 unspecified atom stereocenters. The summed E-state index contributed by atoms with van der Waals surface area (Å²) in [6, 6.07) is 9.94. The Labute approximate surface area is 136 Å². The first-order valence-corrected chi connectivity index (χ1v) is 8.17. The van der Waals surface area contributed by atoms with Crippen molar-refractivity contribution in [2.75, 3.05) is 39.6 Å². The molecular formula is C17H23N3OS. The van der Waals surface area contributed by atoms with Gasteiger partial charge in [0.15, 0.2) is 0 Å². The van der Waals surface area contributed by atoms with Crippen molar-refractivity contribution in [1.82, 2.24) is 10.2 Å². The lowest BCUT2D eigenvalue weighted by molar-refractivity contribution is 0.0942. The Morgan fingerprint density at radius 1 is 1.23 bits per heavy atom. The van der Waals surface area contributed by atoms with Crippen LogP contribution >= 0.6 is 11.3 Å². The van der Waals surface area contributed by atoms with Crippen molar-refractivity contribution in [3.05, 3.63) is 52.2 Å². The van der Waals surface area contributed by atoms with Gasteiger partial charge in [-0.2, -0.15) is 11.3 Å². The lowest BCUT2D eigenvalue weighted by Gasteiger charge is -2.24. The number of carbonyl (C=O) groups excluding carboxylic acids is 1. The molecule has 0 saturated heterocycles. The Hall–Kier alpha value is -1.85. The number of thiophene rings is 1. The first-order chi connectivity index (χ1) is 10.5. The fourth-order valence-electron chi connectivity index (χ4n) is 2.28. The Morgan fingerprint density at radius 2 is 2.00 bits per heavy atom. The second kappa shape index (κ2) is 7.42. The number of amides is 1. The molecule has 1 atom stereocenters. The first kappa shape index (κ1) is 16.5. The van der Waals surface area contributed by atoms with E-state index < -0.39 is 0 Å². The molecule has 0 aliphatic rings. The van der Waals surface area contributed by atoms with Gasteiger partial charge in [0.2, 0.25) is 0 Å². The zero-order chi connectivity index (χ0) is 16.1. The van der Waals surface area contributed by atoms with Gasteiger partial charge in [-0.25, -0.2) is 0 Å². The molecule has 1 heterocycles. The lowest BCUT2D eigenvalue weighted by Crippen LogP contribution is -2.34. The number of rotatable bonds is 6. The average Bonchev–Trinajstić information content (AvgIpc) is 3.01. The highest BCUT2D eigenvalue weighted by Gasteiger charge is 2.16. The number of nitrogens with zero attached hydrogens (tertiary/aromatic N) is 2. The van der Waals surface area contributed by atoms with E-state index in [4.69, 9.17) is 0 Å². The summed E-state index contributed by atoms with van der Waals surface area (Å²) < 4.78 is 0. The first-order valence-electron chi connectivity index (χ1n) is 7.23. The van der Waals surface area contributed by atoms with Crippen molar-refractivity contribution in [3.63, 3.8) is 0 Å². The molecule has 2 aromatic rings. The quantitative estimate of drug-likeness (QED) is 0.890. The summed E-state index contributed by atoms with van der Waals surface area (Å²) >= 11 is 1.68. The van der Waals surface area contributed by atoms with Crippen molar-refractivity contribution >= 4 is 22.9 Å². The molecule has 0 bridgehead atoms. The second-order valence-electron chi connectivity index (χ2n) is 5.69. The summed E-state index contributed by atoms with van der Waals surface area (Å²) in [6.07, 6.45) is 0. The van der Waals surface area contributed by atoms with E-state index in [0.717, 1.165) is 5.69 Å². The maximum atomic E-state index is 12.4. The number of anilines is 1. The molecular weight excluding hydrogens is 294 g/mol. The van der Waals surface area contributed by atoms with Crippen LogP contribution in [0.1, 0.15) is 22.0 Å². The topological polar surface area (TPSA) is 35.6 Å². The van der Waals surface area contributed by atoms with Crippen molar-refractivity contribution in [3.8, 4) is 0 Å². The van der Waals surface area contributed by atoms with E-state index in [-0.39, 0.29) is 11.9 Å². The third kappa shape index (κ3) is 4.08. The van der Waals surface area contributed by atoms with Crippen molar-refractivity contribution < 1.29 is 4.79 Å². The van der Waals surface area contributed by atoms with Crippen molar-refractivity contribution in [2.45, 2.75) is 6.04 Å². The van der Waals surface area contributed by atoms with Gasteiger partial charge in [0.25, 0.3) is 5.91 Å². The van der Waals surface area contributed by atoms with Crippen molar-refractivity contribution in [2.24, 2.45) is 0 Å². The number of hydrogen-bond donors (Lipinski definition) is 1. The van der Waals surface area contributed by atoms with Gasteiger partial charge < -0.3 is 15.1 Å². The summed E-state index contributed by atoms with van der Waals surface area (Å²) in [5, 5.41) is 7.23. The minimum absolute atomic E-state index is 0.0363. The van der Waals surface area contributed by atoms with Crippen LogP contribution in [0.4, 0.5) is 5.69 Å². The zero-order valence-corrected chi connectivity index (χ0v) is 14.4. The van der Waals surface area contributed by atoms with Crippen molar-refractivity contribution in [1.29, 1.82) is 0 Å². The van der Waals surface area contributed by atoms with Crippen LogP contribution in [-0.4, -0.2) is 45.5 Å². The normalized spacial score (nSPS) is 12.2. The van der Waals surface area contributed by atoms with E-state index in [2.05, 4.69) is 27.0 Å². The molecule has 0 radical (unpaired) electrons. The molecule has 0 spiro atoms. The van der Waals surface area contributed by atoms with Crippen LogP contribution in [0.3, 0.4) is 0 Å². The number of carbonyl (C=O) groups is 1. The molecule has 118 valence electrons. The minimum atomic E-state index is -0.0363. The van der Waals surface area contributed by atoms with E-state index >= 15 is 0 Å². The van der Waals surface area contributed by atoms with Gasteiger partial charge in [-0.15, -0.1) is 0 Å². The summed E-state index contributed by atoms with van der Waals surface area (Å²) in [5.74, 6) is -0.0363. The molecule has 5 heteroatoms. The second-order valence-corrected chi connectivity index (χ2v) is 6.47. The number of hydrogen-bond acceptors (Lipinski definition) is 4. The zero-order valence-electron chi connectivity index (χ0n) is 13.5. The van der Waals surface area contributed by atoms with E-state index in [0.29, 0.717) is 12.1 Å². The summed E-state index contributed by atoms with van der Waals surface area (Å²) in [6.45, 7) is 0.592. The fraction of sp³-hybridized carbons (Fsp3) is 0.353. The molecule has 1 amide bonds. The fourth-order valence-corrected chi connectivity index (χ4v) is 2.99. The van der Waals surface area contributed by atoms with Crippen LogP contribution in [0.2, 0.25) is 0 Å². The van der Waals surface area contributed by atoms with Crippen LogP contribution in [0.15, 0.2) is 41.1 Å². The third-order valence-electron chi connectivity index (χ3n) is 3.63. The van der Waals surface area contributed by atoms with E-state index in [1.54, 1.807) is 11.3 Å². The highest BCUT2D eigenvalue weighted by atomic mass is 32.1. The van der Waals surface area contributed by atoms with Gasteiger partial charge in [-0.1, -0.05) is 6.07 Å². The Bertz CT molecular complexity index is 608. The van der Waals surface area contributed by atoms with Gasteiger partial charge in [-0.3, -0.25) is 4.79 Å². The van der Waals surface area contributed by atoms with Gasteiger partial charge in [0.05, 0.1) is 6.04 Å². The molecule has 1 aromatic carbocycles. The van der Waals surface area contributed by atoms with Gasteiger partial charge >= 0.3 is 0 Å². The van der Waals surface area contributed by atoms with E-state index in [9.17, 15) is 4.79 Å². The predicted molar refractivity (Wildman–Crippen MR) is 93.8 cm³/mol. The SMILES string of the molecule is CN(C)c1cccc(C(=O)NC[C@H](c2ccsc2)N(C)C)c1. The molecule has 4 nitrogen and oxygen atoms in total. The maximum absolute atomic E-state index is 12.4. The van der Waals surface area contributed by atoms with E-state index in [1.807, 2.05) is 57.4 Å². The lowest BCUT2D eigenvalue weighted by atomic mass is 10.1. The van der Waals surface area contributed by atoms with E-state index in [1.165, 1.54) is 5.56 Å². The average molecular weight is 317 g/mol. The van der Waals surface area contributed by atoms with Crippen LogP contribution in [-0.2, 0) is 0 Å². The van der Waals surface area contributed by atoms with Crippen LogP contribution < -0.4 is 10.2 Å². The number of likely N-dealkylation sites (N-methyl/N-ethyl adjacent to an activating group) is 1. The summed E-state index contributed by atoms with van der Waals surface area (Å²) in [7, 11) is 7.99. The molecule has 22 heavy (non-hydrogen) atoms. The summed E-state index contributed by atoms with van der Waals surface area (Å²) in [4.78, 5) is 16.5. The van der Waals surface area contributed by atoms with Gasteiger partial charge in [0, 0.05) is 31.9 Å². The highest BCUT2D eigenvalue weighted by Crippen LogP contribution is 2.20. The monoisotopic (exact) mass is 317 g/mol. The number of benzene rings is 1. The van der Waals surface area contributed by atoms with Crippen LogP contribution in [0.5, 0.6) is 0 Å². The molecule has 0 saturated carbocycles. The smallest absolute Gasteiger partial charge is 0.251 e. The third-order valence-corrected chi connectivity index (χ3v) is 4.33. The van der Waals surface area contributed by atoms with Gasteiger partial charge in [-0.05, 0) is 54.7 Å². The molecule has 0 fully saturated rings. The van der Waals surface area contributed by atoms with Crippen LogP contribution in [0, 0.1) is 0 Å². The molecule has 0 aliphatic heterocycles. The Morgan fingerprint density at radius 3 is 2.59 bits per heavy atom. The maximum Gasteiger partial charge on any atom is 0.251 e. The molecule has 2 rings (SSSR count). The van der Waals surface area contributed by atoms with Gasteiger partial charge in [0.1, 0.15) is 0 Å². The molecule has 1 aromatic heterocycles. The number of nitrogens with one attached hydrogen (secondary N) is 1. The largest absolute Gasteiger partial charge is 0.378 e. The Balaban J connectivity index is 2.04. The highest BCUT2D eigenvalue weighted by molar-refractivity contribution is 7.07. The minimum Gasteiger partial charge on any atom is -0.378 e. The summed E-state index contributed by atoms with van der Waals surface area (Å²) in [5.41, 5.74) is 2.95. The molecule has 1 N–H and O–H groups in total. The molecule has 0 aliphatic carbocycles. The standard InChI is InChI=1S/C17H23N3OS/c1-19(2)15-7-5-6-13(10-15)17(21)18-11-16(20(3)4)14-8-9-22-12-14/h5-10,12,16H,11H2,1-4H3,(H,18,21)/t16-/m1/s1.